The average molecular weight is 279 g/mol. The third kappa shape index (κ3) is 3.23. The fraction of sp³-hybridized carbons (Fsp3) is 0.0714. The summed E-state index contributed by atoms with van der Waals surface area (Å²) in [4.78, 5) is 11.9. The zero-order valence-corrected chi connectivity index (χ0v) is 11.0. The van der Waals surface area contributed by atoms with Gasteiger partial charge in [-0.1, -0.05) is 11.6 Å². The second kappa shape index (κ2) is 5.71. The summed E-state index contributed by atoms with van der Waals surface area (Å²) in [5, 5.41) is 5.80. The largest absolute Gasteiger partial charge is 0.388 e. The van der Waals surface area contributed by atoms with Crippen LogP contribution in [0, 0.1) is 5.82 Å². The Kier molecular flexibility index (Phi) is 4.02. The number of carbonyl (C=O) groups excluding carboxylic acids is 1. The van der Waals surface area contributed by atoms with Crippen molar-refractivity contribution in [2.24, 2.45) is 0 Å². The van der Waals surface area contributed by atoms with Crippen LogP contribution < -0.4 is 10.6 Å². The fourth-order valence-electron chi connectivity index (χ4n) is 1.58. The predicted molar refractivity (Wildman–Crippen MR) is 75.4 cm³/mol. The molecule has 2 rings (SSSR count). The van der Waals surface area contributed by atoms with Gasteiger partial charge in [0.15, 0.2) is 0 Å². The van der Waals surface area contributed by atoms with Crippen LogP contribution in [-0.2, 0) is 0 Å². The smallest absolute Gasteiger partial charge is 0.255 e. The number of benzene rings is 2. The van der Waals surface area contributed by atoms with E-state index in [0.717, 1.165) is 5.69 Å². The van der Waals surface area contributed by atoms with Gasteiger partial charge in [-0.25, -0.2) is 4.39 Å². The van der Waals surface area contributed by atoms with Crippen molar-refractivity contribution in [3.8, 4) is 0 Å². The molecule has 3 nitrogen and oxygen atoms in total. The Morgan fingerprint density at radius 3 is 2.47 bits per heavy atom. The molecule has 0 spiro atoms. The molecule has 2 aromatic rings. The van der Waals surface area contributed by atoms with Crippen LogP contribution in [0.3, 0.4) is 0 Å². The highest BCUT2D eigenvalue weighted by atomic mass is 35.5. The number of amides is 1. The van der Waals surface area contributed by atoms with E-state index in [-0.39, 0.29) is 11.6 Å². The molecule has 98 valence electrons. The lowest BCUT2D eigenvalue weighted by molar-refractivity contribution is 0.102. The van der Waals surface area contributed by atoms with Gasteiger partial charge in [0, 0.05) is 23.3 Å². The Hall–Kier alpha value is -2.07. The van der Waals surface area contributed by atoms with Crippen molar-refractivity contribution >= 4 is 28.9 Å². The summed E-state index contributed by atoms with van der Waals surface area (Å²) < 4.78 is 13.5. The van der Waals surface area contributed by atoms with Crippen molar-refractivity contribution in [1.82, 2.24) is 0 Å². The highest BCUT2D eigenvalue weighted by molar-refractivity contribution is 6.31. The number of nitrogens with one attached hydrogen (secondary N) is 2. The quantitative estimate of drug-likeness (QED) is 0.897. The van der Waals surface area contributed by atoms with Crippen molar-refractivity contribution in [1.29, 1.82) is 0 Å². The maximum Gasteiger partial charge on any atom is 0.255 e. The topological polar surface area (TPSA) is 41.1 Å². The van der Waals surface area contributed by atoms with Crippen LogP contribution >= 0.6 is 11.6 Å². The number of rotatable bonds is 3. The summed E-state index contributed by atoms with van der Waals surface area (Å²) in [6, 6.07) is 10.9. The molecule has 1 amide bonds. The van der Waals surface area contributed by atoms with E-state index in [2.05, 4.69) is 10.6 Å². The summed E-state index contributed by atoms with van der Waals surface area (Å²) in [6.45, 7) is 0. The van der Waals surface area contributed by atoms with Crippen LogP contribution in [0.25, 0.3) is 0 Å². The molecule has 0 saturated heterocycles. The fourth-order valence-corrected chi connectivity index (χ4v) is 1.75. The SMILES string of the molecule is CNc1ccc(C(=O)Nc2cc(Cl)ccc2F)cc1. The van der Waals surface area contributed by atoms with E-state index in [0.29, 0.717) is 10.6 Å². The van der Waals surface area contributed by atoms with Gasteiger partial charge in [0.2, 0.25) is 0 Å². The Morgan fingerprint density at radius 1 is 1.16 bits per heavy atom. The van der Waals surface area contributed by atoms with Gasteiger partial charge in [-0.3, -0.25) is 4.79 Å². The van der Waals surface area contributed by atoms with Crippen molar-refractivity contribution < 1.29 is 9.18 Å². The molecule has 0 aliphatic rings. The first-order valence-electron chi connectivity index (χ1n) is 5.64. The molecule has 0 fully saturated rings. The van der Waals surface area contributed by atoms with E-state index in [1.54, 1.807) is 31.3 Å². The Balaban J connectivity index is 2.18. The average Bonchev–Trinajstić information content (AvgIpc) is 2.43. The normalized spacial score (nSPS) is 10.1. The molecule has 0 heterocycles. The molecule has 0 atom stereocenters. The molecule has 19 heavy (non-hydrogen) atoms. The first-order valence-corrected chi connectivity index (χ1v) is 6.02. The summed E-state index contributed by atoms with van der Waals surface area (Å²) >= 11 is 5.76. The molecule has 2 N–H and O–H groups in total. The molecule has 5 heteroatoms. The standard InChI is InChI=1S/C14H12ClFN2O/c1-17-11-5-2-9(3-6-11)14(19)18-13-8-10(15)4-7-12(13)16/h2-8,17H,1H3,(H,18,19). The number of carbonyl (C=O) groups is 1. The van der Waals surface area contributed by atoms with Crippen LogP contribution in [0.4, 0.5) is 15.8 Å². The highest BCUT2D eigenvalue weighted by Gasteiger charge is 2.09. The van der Waals surface area contributed by atoms with E-state index in [4.69, 9.17) is 11.6 Å². The minimum absolute atomic E-state index is 0.0650. The summed E-state index contributed by atoms with van der Waals surface area (Å²) in [5.74, 6) is -0.909. The maximum atomic E-state index is 13.5. The lowest BCUT2D eigenvalue weighted by atomic mass is 10.2. The third-order valence-corrected chi connectivity index (χ3v) is 2.85. The second-order valence-corrected chi connectivity index (χ2v) is 4.34. The Bertz CT molecular complexity index is 599. The van der Waals surface area contributed by atoms with Gasteiger partial charge >= 0.3 is 0 Å². The first-order chi connectivity index (χ1) is 9.10. The highest BCUT2D eigenvalue weighted by Crippen LogP contribution is 2.20. The molecule has 0 bridgehead atoms. The van der Waals surface area contributed by atoms with Gasteiger partial charge < -0.3 is 10.6 Å². The minimum Gasteiger partial charge on any atom is -0.388 e. The maximum absolute atomic E-state index is 13.5. The van der Waals surface area contributed by atoms with Gasteiger partial charge in [0.05, 0.1) is 5.69 Å². The van der Waals surface area contributed by atoms with Gasteiger partial charge in [0.1, 0.15) is 5.82 Å². The summed E-state index contributed by atoms with van der Waals surface area (Å²) in [5.41, 5.74) is 1.40. The van der Waals surface area contributed by atoms with Crippen molar-refractivity contribution in [3.05, 3.63) is 58.9 Å². The van der Waals surface area contributed by atoms with Gasteiger partial charge in [0.25, 0.3) is 5.91 Å². The molecular formula is C14H12ClFN2O. The molecular weight excluding hydrogens is 267 g/mol. The third-order valence-electron chi connectivity index (χ3n) is 2.61. The van der Waals surface area contributed by atoms with Crippen molar-refractivity contribution in [3.63, 3.8) is 0 Å². The van der Waals surface area contributed by atoms with E-state index >= 15 is 0 Å². The van der Waals surface area contributed by atoms with Gasteiger partial charge in [-0.15, -0.1) is 0 Å². The van der Waals surface area contributed by atoms with Crippen LogP contribution in [0.2, 0.25) is 5.02 Å². The molecule has 0 aliphatic carbocycles. The van der Waals surface area contributed by atoms with Crippen molar-refractivity contribution in [2.75, 3.05) is 17.7 Å². The second-order valence-electron chi connectivity index (χ2n) is 3.91. The molecule has 0 aliphatic heterocycles. The summed E-state index contributed by atoms with van der Waals surface area (Å²) in [7, 11) is 1.79. The predicted octanol–water partition coefficient (Wildman–Crippen LogP) is 3.77. The molecule has 0 saturated carbocycles. The van der Waals surface area contributed by atoms with Crippen molar-refractivity contribution in [2.45, 2.75) is 0 Å². The molecule has 2 aromatic carbocycles. The Morgan fingerprint density at radius 2 is 1.84 bits per heavy atom. The van der Waals surface area contributed by atoms with E-state index in [9.17, 15) is 9.18 Å². The van der Waals surface area contributed by atoms with E-state index in [1.807, 2.05) is 0 Å². The van der Waals surface area contributed by atoms with Crippen LogP contribution in [-0.4, -0.2) is 13.0 Å². The zero-order valence-electron chi connectivity index (χ0n) is 10.2. The Labute approximate surface area is 115 Å². The lowest BCUT2D eigenvalue weighted by Gasteiger charge is -2.07. The van der Waals surface area contributed by atoms with Gasteiger partial charge in [-0.2, -0.15) is 0 Å². The first kappa shape index (κ1) is 13.4. The van der Waals surface area contributed by atoms with E-state index in [1.165, 1.54) is 18.2 Å². The number of hydrogen-bond acceptors (Lipinski definition) is 2. The molecule has 0 aromatic heterocycles. The number of halogens is 2. The van der Waals surface area contributed by atoms with Crippen LogP contribution in [0.5, 0.6) is 0 Å². The minimum atomic E-state index is -0.524. The van der Waals surface area contributed by atoms with Crippen LogP contribution in [0.1, 0.15) is 10.4 Å². The van der Waals surface area contributed by atoms with Crippen LogP contribution in [0.15, 0.2) is 42.5 Å². The molecule has 0 unspecified atom stereocenters. The summed E-state index contributed by atoms with van der Waals surface area (Å²) in [6.07, 6.45) is 0. The monoisotopic (exact) mass is 278 g/mol. The molecule has 0 radical (unpaired) electrons. The van der Waals surface area contributed by atoms with Gasteiger partial charge in [-0.05, 0) is 42.5 Å². The number of anilines is 2. The van der Waals surface area contributed by atoms with E-state index < -0.39 is 5.82 Å². The lowest BCUT2D eigenvalue weighted by Crippen LogP contribution is -2.12. The zero-order chi connectivity index (χ0) is 13.8. The number of hydrogen-bond donors (Lipinski definition) is 2.